The summed E-state index contributed by atoms with van der Waals surface area (Å²) in [5.41, 5.74) is 1.82. The lowest BCUT2D eigenvalue weighted by Crippen LogP contribution is -2.24. The Morgan fingerprint density at radius 1 is 1.00 bits per heavy atom. The third-order valence-electron chi connectivity index (χ3n) is 3.75. The Morgan fingerprint density at radius 3 is 1.92 bits per heavy atom. The highest BCUT2D eigenvalue weighted by atomic mass is 32.2. The van der Waals surface area contributed by atoms with E-state index in [0.29, 0.717) is 0 Å². The molecule has 0 radical (unpaired) electrons. The van der Waals surface area contributed by atoms with E-state index in [-0.39, 0.29) is 12.7 Å². The van der Waals surface area contributed by atoms with Gasteiger partial charge in [0.2, 0.25) is 0 Å². The zero-order valence-corrected chi connectivity index (χ0v) is 15.0. The van der Waals surface area contributed by atoms with Crippen LogP contribution in [0.25, 0.3) is 0 Å². The summed E-state index contributed by atoms with van der Waals surface area (Å²) in [6, 6.07) is 11.4. The molecule has 6 nitrogen and oxygen atoms in total. The number of nitrogens with zero attached hydrogens (tertiary/aromatic N) is 1. The zero-order chi connectivity index (χ0) is 17.3. The van der Waals surface area contributed by atoms with Crippen molar-refractivity contribution in [2.75, 3.05) is 31.8 Å². The predicted molar refractivity (Wildman–Crippen MR) is 94.0 cm³/mol. The van der Waals surface area contributed by atoms with Crippen LogP contribution in [0.1, 0.15) is 0 Å². The lowest BCUT2D eigenvalue weighted by atomic mass is 10.2. The van der Waals surface area contributed by atoms with Gasteiger partial charge in [0.25, 0.3) is 0 Å². The molecule has 2 aromatic rings. The van der Waals surface area contributed by atoms with Crippen LogP contribution < -0.4 is 14.4 Å². The van der Waals surface area contributed by atoms with E-state index in [2.05, 4.69) is 0 Å². The number of hydrogen-bond donors (Lipinski definition) is 2. The molecule has 2 aromatic carbocycles. The third kappa shape index (κ3) is 3.54. The molecule has 0 saturated carbocycles. The molecule has 0 spiro atoms. The maximum absolute atomic E-state index is 11.3. The summed E-state index contributed by atoms with van der Waals surface area (Å²) in [5.74, 6) is 1.48. The SMILES string of the molecule is COc1ccc2c(c1)Sc1cc(OC)ccc1N2CCP(=O)(O)O. The summed E-state index contributed by atoms with van der Waals surface area (Å²) >= 11 is 1.58. The molecule has 1 aliphatic heterocycles. The number of hydrogen-bond acceptors (Lipinski definition) is 5. The summed E-state index contributed by atoms with van der Waals surface area (Å²) in [6.45, 7) is 0.226. The molecule has 0 aliphatic carbocycles. The fourth-order valence-electron chi connectivity index (χ4n) is 2.57. The van der Waals surface area contributed by atoms with Crippen LogP contribution in [-0.4, -0.2) is 36.7 Å². The van der Waals surface area contributed by atoms with Gasteiger partial charge in [0.05, 0.1) is 31.8 Å². The smallest absolute Gasteiger partial charge is 0.327 e. The second-order valence-corrected chi connectivity index (χ2v) is 8.17. The van der Waals surface area contributed by atoms with E-state index in [9.17, 15) is 14.4 Å². The van der Waals surface area contributed by atoms with Crippen LogP contribution in [0.4, 0.5) is 11.4 Å². The van der Waals surface area contributed by atoms with Crippen LogP contribution in [0.5, 0.6) is 11.5 Å². The molecule has 0 saturated heterocycles. The largest absolute Gasteiger partial charge is 0.497 e. The number of methoxy groups -OCH3 is 2. The molecule has 0 atom stereocenters. The van der Waals surface area contributed by atoms with Gasteiger partial charge in [-0.05, 0) is 36.4 Å². The van der Waals surface area contributed by atoms with Gasteiger partial charge in [-0.1, -0.05) is 11.8 Å². The third-order valence-corrected chi connectivity index (χ3v) is 5.63. The molecule has 1 heterocycles. The van der Waals surface area contributed by atoms with E-state index < -0.39 is 7.60 Å². The Hall–Kier alpha value is -1.66. The first-order chi connectivity index (χ1) is 11.4. The van der Waals surface area contributed by atoms with Crippen molar-refractivity contribution >= 4 is 30.7 Å². The Balaban J connectivity index is 2.04. The topological polar surface area (TPSA) is 79.2 Å². The average molecular weight is 367 g/mol. The van der Waals surface area contributed by atoms with Crippen molar-refractivity contribution in [2.45, 2.75) is 9.79 Å². The van der Waals surface area contributed by atoms with E-state index in [1.807, 2.05) is 41.3 Å². The lowest BCUT2D eigenvalue weighted by Gasteiger charge is -2.33. The standard InChI is InChI=1S/C16H18NO5PS/c1-21-11-3-5-13-15(9-11)24-16-10-12(22-2)4-6-14(16)17(13)7-8-23(18,19)20/h3-6,9-10H,7-8H2,1-2H3,(H2,18,19,20). The van der Waals surface area contributed by atoms with Crippen LogP contribution in [-0.2, 0) is 4.57 Å². The fraction of sp³-hybridized carbons (Fsp3) is 0.250. The first-order valence-electron chi connectivity index (χ1n) is 7.27. The zero-order valence-electron chi connectivity index (χ0n) is 13.3. The van der Waals surface area contributed by atoms with Crippen molar-refractivity contribution in [2.24, 2.45) is 0 Å². The first-order valence-corrected chi connectivity index (χ1v) is 9.89. The minimum Gasteiger partial charge on any atom is -0.497 e. The normalized spacial score (nSPS) is 13.2. The van der Waals surface area contributed by atoms with Crippen molar-refractivity contribution in [3.05, 3.63) is 36.4 Å². The fourth-order valence-corrected chi connectivity index (χ4v) is 4.18. The molecule has 1 aliphatic rings. The van der Waals surface area contributed by atoms with Gasteiger partial charge in [0, 0.05) is 16.3 Å². The summed E-state index contributed by atoms with van der Waals surface area (Å²) < 4.78 is 21.9. The minimum atomic E-state index is -4.08. The second-order valence-electron chi connectivity index (χ2n) is 5.31. The molecule has 0 aromatic heterocycles. The van der Waals surface area contributed by atoms with Gasteiger partial charge in [-0.25, -0.2) is 0 Å². The van der Waals surface area contributed by atoms with E-state index in [4.69, 9.17) is 9.47 Å². The molecular weight excluding hydrogens is 349 g/mol. The molecule has 128 valence electrons. The van der Waals surface area contributed by atoms with Crippen LogP contribution in [0.2, 0.25) is 0 Å². The lowest BCUT2D eigenvalue weighted by molar-refractivity contribution is 0.373. The van der Waals surface area contributed by atoms with Crippen LogP contribution in [0.15, 0.2) is 46.2 Å². The van der Waals surface area contributed by atoms with E-state index in [1.54, 1.807) is 26.0 Å². The molecule has 0 bridgehead atoms. The van der Waals surface area contributed by atoms with Crippen molar-refractivity contribution in [1.82, 2.24) is 0 Å². The Labute approximate surface area is 144 Å². The molecule has 2 N–H and O–H groups in total. The van der Waals surface area contributed by atoms with Gasteiger partial charge in [-0.15, -0.1) is 0 Å². The van der Waals surface area contributed by atoms with Crippen molar-refractivity contribution in [1.29, 1.82) is 0 Å². The molecular formula is C16H18NO5PS. The van der Waals surface area contributed by atoms with Gasteiger partial charge in [0.1, 0.15) is 11.5 Å². The quantitative estimate of drug-likeness (QED) is 0.783. The summed E-state index contributed by atoms with van der Waals surface area (Å²) in [4.78, 5) is 22.4. The van der Waals surface area contributed by atoms with Gasteiger partial charge >= 0.3 is 7.60 Å². The Bertz CT molecular complexity index is 754. The van der Waals surface area contributed by atoms with E-state index in [0.717, 1.165) is 32.7 Å². The monoisotopic (exact) mass is 367 g/mol. The minimum absolute atomic E-state index is 0.214. The summed E-state index contributed by atoms with van der Waals surface area (Å²) in [5, 5.41) is 0. The van der Waals surface area contributed by atoms with Gasteiger partial charge in [0.15, 0.2) is 0 Å². The van der Waals surface area contributed by atoms with Crippen molar-refractivity contribution < 1.29 is 23.8 Å². The van der Waals surface area contributed by atoms with E-state index >= 15 is 0 Å². The molecule has 8 heteroatoms. The number of anilines is 2. The van der Waals surface area contributed by atoms with Crippen LogP contribution in [0.3, 0.4) is 0 Å². The van der Waals surface area contributed by atoms with Crippen LogP contribution in [0, 0.1) is 0 Å². The number of ether oxygens (including phenoxy) is 2. The maximum atomic E-state index is 11.3. The number of rotatable bonds is 5. The van der Waals surface area contributed by atoms with Crippen molar-refractivity contribution in [3.8, 4) is 11.5 Å². The molecule has 0 fully saturated rings. The summed E-state index contributed by atoms with van der Waals surface area (Å²) in [7, 11) is -0.867. The van der Waals surface area contributed by atoms with Gasteiger partial charge < -0.3 is 24.2 Å². The average Bonchev–Trinajstić information content (AvgIpc) is 2.56. The highest BCUT2D eigenvalue weighted by molar-refractivity contribution is 7.99. The van der Waals surface area contributed by atoms with Gasteiger partial charge in [-0.3, -0.25) is 4.57 Å². The highest BCUT2D eigenvalue weighted by Gasteiger charge is 2.26. The number of benzene rings is 2. The van der Waals surface area contributed by atoms with Crippen LogP contribution >= 0.6 is 19.4 Å². The predicted octanol–water partition coefficient (Wildman–Crippen LogP) is 3.48. The molecule has 3 rings (SSSR count). The molecule has 0 amide bonds. The number of fused-ring (bicyclic) bond motifs is 2. The second kappa shape index (κ2) is 6.69. The first kappa shape index (κ1) is 17.2. The van der Waals surface area contributed by atoms with Crippen molar-refractivity contribution in [3.63, 3.8) is 0 Å². The van der Waals surface area contributed by atoms with Gasteiger partial charge in [-0.2, -0.15) is 0 Å². The van der Waals surface area contributed by atoms with E-state index in [1.165, 1.54) is 0 Å². The molecule has 0 unspecified atom stereocenters. The summed E-state index contributed by atoms with van der Waals surface area (Å²) in [6.07, 6.45) is -0.214. The highest BCUT2D eigenvalue weighted by Crippen LogP contribution is 2.50. The Kier molecular flexibility index (Phi) is 4.78. The molecule has 24 heavy (non-hydrogen) atoms. The maximum Gasteiger partial charge on any atom is 0.327 e. The Morgan fingerprint density at radius 2 is 1.50 bits per heavy atom.